The third kappa shape index (κ3) is 4.96. The summed E-state index contributed by atoms with van der Waals surface area (Å²) in [6.45, 7) is 7.53. The van der Waals surface area contributed by atoms with E-state index in [2.05, 4.69) is 19.2 Å². The van der Waals surface area contributed by atoms with Gasteiger partial charge < -0.3 is 15.2 Å². The van der Waals surface area contributed by atoms with Crippen molar-refractivity contribution in [1.29, 1.82) is 0 Å². The lowest BCUT2D eigenvalue weighted by Crippen LogP contribution is -2.39. The molecule has 0 spiro atoms. The molecular weight excluding hydrogens is 190 g/mol. The fraction of sp³-hybridized carbons (Fsp3) is 1.00. The van der Waals surface area contributed by atoms with Crippen LogP contribution in [0.1, 0.15) is 33.1 Å². The molecule has 0 bridgehead atoms. The van der Waals surface area contributed by atoms with Crippen molar-refractivity contribution in [1.82, 2.24) is 5.32 Å². The Kier molecular flexibility index (Phi) is 6.22. The van der Waals surface area contributed by atoms with Gasteiger partial charge in [0.2, 0.25) is 0 Å². The molecule has 3 nitrogen and oxygen atoms in total. The molecule has 0 aromatic rings. The average molecular weight is 215 g/mol. The van der Waals surface area contributed by atoms with E-state index in [0.29, 0.717) is 17.9 Å². The maximum Gasteiger partial charge on any atom is 0.0506 e. The van der Waals surface area contributed by atoms with E-state index in [0.717, 1.165) is 26.2 Å². The van der Waals surface area contributed by atoms with Crippen molar-refractivity contribution >= 4 is 0 Å². The minimum absolute atomic E-state index is 0.275. The van der Waals surface area contributed by atoms with Gasteiger partial charge in [0.25, 0.3) is 0 Å². The van der Waals surface area contributed by atoms with Crippen LogP contribution in [0, 0.1) is 11.8 Å². The van der Waals surface area contributed by atoms with Crippen LogP contribution in [0.25, 0.3) is 0 Å². The predicted octanol–water partition coefficient (Wildman–Crippen LogP) is 1.41. The van der Waals surface area contributed by atoms with E-state index in [9.17, 15) is 0 Å². The van der Waals surface area contributed by atoms with E-state index in [1.165, 1.54) is 12.8 Å². The highest BCUT2D eigenvalue weighted by atomic mass is 16.5. The summed E-state index contributed by atoms with van der Waals surface area (Å²) in [7, 11) is 0. The average Bonchev–Trinajstić information content (AvgIpc) is 2.25. The van der Waals surface area contributed by atoms with E-state index in [1.54, 1.807) is 0 Å². The van der Waals surface area contributed by atoms with Crippen LogP contribution in [0.15, 0.2) is 0 Å². The summed E-state index contributed by atoms with van der Waals surface area (Å²) in [5, 5.41) is 12.5. The molecule has 0 saturated carbocycles. The molecule has 0 aromatic carbocycles. The van der Waals surface area contributed by atoms with Crippen LogP contribution in [0.3, 0.4) is 0 Å². The van der Waals surface area contributed by atoms with Gasteiger partial charge in [-0.15, -0.1) is 0 Å². The molecule has 0 radical (unpaired) electrons. The Hall–Kier alpha value is -0.120. The van der Waals surface area contributed by atoms with Crippen molar-refractivity contribution in [3.05, 3.63) is 0 Å². The van der Waals surface area contributed by atoms with Gasteiger partial charge in [-0.2, -0.15) is 0 Å². The fourth-order valence-corrected chi connectivity index (χ4v) is 2.10. The van der Waals surface area contributed by atoms with Crippen LogP contribution >= 0.6 is 0 Å². The molecule has 1 saturated heterocycles. The molecular formula is C12H25NO2. The maximum atomic E-state index is 8.96. The summed E-state index contributed by atoms with van der Waals surface area (Å²) in [5.41, 5.74) is 0. The number of hydrogen-bond donors (Lipinski definition) is 2. The molecule has 0 aliphatic carbocycles. The Morgan fingerprint density at radius 3 is 2.80 bits per heavy atom. The minimum atomic E-state index is 0.275. The van der Waals surface area contributed by atoms with Crippen molar-refractivity contribution in [2.45, 2.75) is 39.2 Å². The van der Waals surface area contributed by atoms with Gasteiger partial charge in [-0.25, -0.2) is 0 Å². The number of ether oxygens (including phenoxy) is 1. The van der Waals surface area contributed by atoms with Crippen LogP contribution in [-0.2, 0) is 4.74 Å². The predicted molar refractivity (Wildman–Crippen MR) is 61.9 cm³/mol. The highest BCUT2D eigenvalue weighted by Gasteiger charge is 2.17. The molecule has 2 unspecified atom stereocenters. The molecule has 3 heteroatoms. The number of hydrogen-bond acceptors (Lipinski definition) is 3. The van der Waals surface area contributed by atoms with Crippen molar-refractivity contribution in [3.8, 4) is 0 Å². The van der Waals surface area contributed by atoms with Crippen molar-refractivity contribution in [2.24, 2.45) is 11.8 Å². The summed E-state index contributed by atoms with van der Waals surface area (Å²) in [6, 6.07) is 0.442. The van der Waals surface area contributed by atoms with E-state index >= 15 is 0 Å². The van der Waals surface area contributed by atoms with E-state index < -0.39 is 0 Å². The SMILES string of the molecule is CC(C)C(CCO)NCC1CCCOC1. The second-order valence-electron chi connectivity index (χ2n) is 4.85. The van der Waals surface area contributed by atoms with Crippen molar-refractivity contribution in [2.75, 3.05) is 26.4 Å². The molecule has 1 aliphatic rings. The first-order valence-corrected chi connectivity index (χ1v) is 6.16. The van der Waals surface area contributed by atoms with Crippen LogP contribution in [0.2, 0.25) is 0 Å². The van der Waals surface area contributed by atoms with Gasteiger partial charge in [-0.1, -0.05) is 13.8 Å². The standard InChI is InChI=1S/C12H25NO2/c1-10(2)12(5-6-14)13-8-11-4-3-7-15-9-11/h10-14H,3-9H2,1-2H3. The van der Waals surface area contributed by atoms with Crippen molar-refractivity contribution < 1.29 is 9.84 Å². The Balaban J connectivity index is 2.19. The van der Waals surface area contributed by atoms with Crippen LogP contribution in [0.4, 0.5) is 0 Å². The highest BCUT2D eigenvalue weighted by Crippen LogP contribution is 2.14. The summed E-state index contributed by atoms with van der Waals surface area (Å²) in [4.78, 5) is 0. The summed E-state index contributed by atoms with van der Waals surface area (Å²) in [5.74, 6) is 1.25. The quantitative estimate of drug-likeness (QED) is 0.704. The summed E-state index contributed by atoms with van der Waals surface area (Å²) < 4.78 is 5.45. The van der Waals surface area contributed by atoms with Gasteiger partial charge in [0, 0.05) is 25.8 Å². The number of aliphatic hydroxyl groups is 1. The smallest absolute Gasteiger partial charge is 0.0506 e. The third-order valence-corrected chi connectivity index (χ3v) is 3.17. The molecule has 15 heavy (non-hydrogen) atoms. The van der Waals surface area contributed by atoms with Crippen LogP contribution < -0.4 is 5.32 Å². The molecule has 2 atom stereocenters. The maximum absolute atomic E-state index is 8.96. The van der Waals surface area contributed by atoms with Gasteiger partial charge in [-0.05, 0) is 31.1 Å². The molecule has 2 N–H and O–H groups in total. The second-order valence-corrected chi connectivity index (χ2v) is 4.85. The molecule has 0 aromatic heterocycles. The Morgan fingerprint density at radius 1 is 1.47 bits per heavy atom. The minimum Gasteiger partial charge on any atom is -0.396 e. The zero-order valence-corrected chi connectivity index (χ0v) is 10.0. The second kappa shape index (κ2) is 7.20. The highest BCUT2D eigenvalue weighted by molar-refractivity contribution is 4.73. The molecule has 1 aliphatic heterocycles. The molecule has 1 heterocycles. The van der Waals surface area contributed by atoms with E-state index in [-0.39, 0.29) is 6.61 Å². The van der Waals surface area contributed by atoms with Gasteiger partial charge in [0.15, 0.2) is 0 Å². The van der Waals surface area contributed by atoms with Crippen LogP contribution in [0.5, 0.6) is 0 Å². The Bertz CT molecular complexity index is 156. The topological polar surface area (TPSA) is 41.5 Å². The first-order valence-electron chi connectivity index (χ1n) is 6.16. The molecule has 1 rings (SSSR count). The summed E-state index contributed by atoms with van der Waals surface area (Å²) in [6.07, 6.45) is 3.32. The first-order chi connectivity index (χ1) is 7.24. The van der Waals surface area contributed by atoms with Crippen molar-refractivity contribution in [3.63, 3.8) is 0 Å². The third-order valence-electron chi connectivity index (χ3n) is 3.17. The number of aliphatic hydroxyl groups excluding tert-OH is 1. The zero-order chi connectivity index (χ0) is 11.1. The largest absolute Gasteiger partial charge is 0.396 e. The van der Waals surface area contributed by atoms with Gasteiger partial charge >= 0.3 is 0 Å². The monoisotopic (exact) mass is 215 g/mol. The lowest BCUT2D eigenvalue weighted by molar-refractivity contribution is 0.0526. The summed E-state index contributed by atoms with van der Waals surface area (Å²) >= 11 is 0. The number of rotatable bonds is 6. The number of nitrogens with one attached hydrogen (secondary N) is 1. The molecule has 1 fully saturated rings. The normalized spacial score (nSPS) is 24.4. The lowest BCUT2D eigenvalue weighted by Gasteiger charge is -2.27. The van der Waals surface area contributed by atoms with Crippen LogP contribution in [-0.4, -0.2) is 37.5 Å². The first kappa shape index (κ1) is 12.9. The Labute approximate surface area is 93.2 Å². The Morgan fingerprint density at radius 2 is 2.27 bits per heavy atom. The lowest BCUT2D eigenvalue weighted by atomic mass is 9.98. The zero-order valence-electron chi connectivity index (χ0n) is 10.0. The fourth-order valence-electron chi connectivity index (χ4n) is 2.10. The molecule has 0 amide bonds. The molecule has 90 valence electrons. The van der Waals surface area contributed by atoms with E-state index in [1.807, 2.05) is 0 Å². The van der Waals surface area contributed by atoms with E-state index in [4.69, 9.17) is 9.84 Å². The van der Waals surface area contributed by atoms with Gasteiger partial charge in [0.05, 0.1) is 6.61 Å². The van der Waals surface area contributed by atoms with Gasteiger partial charge in [-0.3, -0.25) is 0 Å². The van der Waals surface area contributed by atoms with Gasteiger partial charge in [0.1, 0.15) is 0 Å².